The van der Waals surface area contributed by atoms with Gasteiger partial charge in [0.25, 0.3) is 0 Å². The van der Waals surface area contributed by atoms with Crippen LogP contribution in [0.1, 0.15) is 44.7 Å². The van der Waals surface area contributed by atoms with Gasteiger partial charge in [-0.2, -0.15) is 0 Å². The SMILES string of the molecule is CCCCCOC(=O)C1=C(C)NC(=O)N[C@@H]1c1cccc(Cl)c1. The molecule has 1 aliphatic heterocycles. The van der Waals surface area contributed by atoms with Crippen LogP contribution in [-0.4, -0.2) is 18.6 Å². The molecule has 1 atom stereocenters. The molecule has 2 rings (SSSR count). The minimum Gasteiger partial charge on any atom is -0.462 e. The minimum atomic E-state index is -0.568. The molecule has 1 aromatic carbocycles. The molecule has 23 heavy (non-hydrogen) atoms. The number of benzene rings is 1. The number of halogens is 1. The monoisotopic (exact) mass is 336 g/mol. The van der Waals surface area contributed by atoms with E-state index in [2.05, 4.69) is 17.6 Å². The third-order valence-electron chi connectivity index (χ3n) is 3.65. The first-order valence-electron chi connectivity index (χ1n) is 7.73. The number of urea groups is 1. The molecule has 2 amide bonds. The highest BCUT2D eigenvalue weighted by Crippen LogP contribution is 2.29. The first kappa shape index (κ1) is 17.3. The number of nitrogens with one attached hydrogen (secondary N) is 2. The number of carbonyl (C=O) groups is 2. The highest BCUT2D eigenvalue weighted by Gasteiger charge is 2.32. The molecule has 0 fully saturated rings. The van der Waals surface area contributed by atoms with Gasteiger partial charge in [0, 0.05) is 10.7 Å². The number of rotatable bonds is 6. The van der Waals surface area contributed by atoms with Crippen molar-refractivity contribution in [1.29, 1.82) is 0 Å². The normalized spacial score (nSPS) is 17.5. The van der Waals surface area contributed by atoms with Crippen LogP contribution in [0.4, 0.5) is 4.79 Å². The minimum absolute atomic E-state index is 0.352. The Bertz CT molecular complexity index is 628. The molecule has 1 heterocycles. The Morgan fingerprint density at radius 3 is 2.83 bits per heavy atom. The predicted octanol–water partition coefficient (Wildman–Crippen LogP) is 3.70. The lowest BCUT2D eigenvalue weighted by molar-refractivity contribution is -0.139. The quantitative estimate of drug-likeness (QED) is 0.614. The van der Waals surface area contributed by atoms with Crippen molar-refractivity contribution in [1.82, 2.24) is 10.6 Å². The molecule has 0 bridgehead atoms. The summed E-state index contributed by atoms with van der Waals surface area (Å²) < 4.78 is 5.35. The van der Waals surface area contributed by atoms with Gasteiger partial charge < -0.3 is 15.4 Å². The summed E-state index contributed by atoms with van der Waals surface area (Å²) in [5.41, 5.74) is 1.65. The molecule has 124 valence electrons. The topological polar surface area (TPSA) is 67.4 Å². The summed E-state index contributed by atoms with van der Waals surface area (Å²) in [7, 11) is 0. The molecule has 0 radical (unpaired) electrons. The van der Waals surface area contributed by atoms with E-state index in [4.69, 9.17) is 16.3 Å². The highest BCUT2D eigenvalue weighted by molar-refractivity contribution is 6.30. The van der Waals surface area contributed by atoms with E-state index in [1.54, 1.807) is 25.1 Å². The molecule has 0 saturated heterocycles. The lowest BCUT2D eigenvalue weighted by Gasteiger charge is -2.28. The zero-order valence-electron chi connectivity index (χ0n) is 13.3. The molecule has 0 aliphatic carbocycles. The Morgan fingerprint density at radius 2 is 2.13 bits per heavy atom. The van der Waals surface area contributed by atoms with Crippen molar-refractivity contribution in [2.45, 2.75) is 39.2 Å². The van der Waals surface area contributed by atoms with Crippen LogP contribution in [0.2, 0.25) is 5.02 Å². The van der Waals surface area contributed by atoms with E-state index in [-0.39, 0.29) is 6.03 Å². The first-order valence-corrected chi connectivity index (χ1v) is 8.11. The van der Waals surface area contributed by atoms with Crippen LogP contribution in [-0.2, 0) is 9.53 Å². The van der Waals surface area contributed by atoms with E-state index < -0.39 is 12.0 Å². The number of hydrogen-bond acceptors (Lipinski definition) is 3. The number of amides is 2. The molecule has 1 aromatic rings. The molecule has 0 saturated carbocycles. The van der Waals surface area contributed by atoms with Gasteiger partial charge in [0.1, 0.15) is 0 Å². The van der Waals surface area contributed by atoms with Crippen LogP contribution in [0.15, 0.2) is 35.5 Å². The molecule has 0 aromatic heterocycles. The van der Waals surface area contributed by atoms with Crippen LogP contribution in [0.25, 0.3) is 0 Å². The van der Waals surface area contributed by atoms with Crippen molar-refractivity contribution in [3.05, 3.63) is 46.1 Å². The average Bonchev–Trinajstić information content (AvgIpc) is 2.50. The van der Waals surface area contributed by atoms with E-state index >= 15 is 0 Å². The van der Waals surface area contributed by atoms with Crippen LogP contribution < -0.4 is 10.6 Å². The van der Waals surface area contributed by atoms with Gasteiger partial charge in [-0.1, -0.05) is 43.5 Å². The fourth-order valence-corrected chi connectivity index (χ4v) is 2.69. The molecule has 6 heteroatoms. The first-order chi connectivity index (χ1) is 11.0. The van der Waals surface area contributed by atoms with Crippen LogP contribution in [0.5, 0.6) is 0 Å². The number of esters is 1. The zero-order chi connectivity index (χ0) is 16.8. The lowest BCUT2D eigenvalue weighted by atomic mass is 9.95. The van der Waals surface area contributed by atoms with Crippen molar-refractivity contribution in [2.75, 3.05) is 6.61 Å². The van der Waals surface area contributed by atoms with Crippen LogP contribution in [0.3, 0.4) is 0 Å². The third kappa shape index (κ3) is 4.48. The summed E-state index contributed by atoms with van der Waals surface area (Å²) in [4.78, 5) is 24.2. The fourth-order valence-electron chi connectivity index (χ4n) is 2.50. The highest BCUT2D eigenvalue weighted by atomic mass is 35.5. The largest absolute Gasteiger partial charge is 0.462 e. The van der Waals surface area contributed by atoms with E-state index in [9.17, 15) is 9.59 Å². The summed E-state index contributed by atoms with van der Waals surface area (Å²) in [5, 5.41) is 5.92. The van der Waals surface area contributed by atoms with Crippen molar-refractivity contribution in [3.8, 4) is 0 Å². The van der Waals surface area contributed by atoms with Crippen LogP contribution >= 0.6 is 11.6 Å². The predicted molar refractivity (Wildman–Crippen MR) is 89.0 cm³/mol. The maximum Gasteiger partial charge on any atom is 0.338 e. The molecule has 0 unspecified atom stereocenters. The third-order valence-corrected chi connectivity index (χ3v) is 3.89. The van der Waals surface area contributed by atoms with E-state index in [1.807, 2.05) is 6.07 Å². The Balaban J connectivity index is 2.22. The number of hydrogen-bond donors (Lipinski definition) is 2. The average molecular weight is 337 g/mol. The maximum atomic E-state index is 12.4. The van der Waals surface area contributed by atoms with Gasteiger partial charge in [-0.05, 0) is 31.0 Å². The number of carbonyl (C=O) groups excluding carboxylic acids is 2. The second-order valence-corrected chi connectivity index (χ2v) is 5.90. The van der Waals surface area contributed by atoms with E-state index in [0.29, 0.717) is 22.9 Å². The fraction of sp³-hybridized carbons (Fsp3) is 0.412. The Morgan fingerprint density at radius 1 is 1.35 bits per heavy atom. The van der Waals surface area contributed by atoms with Gasteiger partial charge in [0.2, 0.25) is 0 Å². The Hall–Kier alpha value is -2.01. The molecular formula is C17H21ClN2O3. The van der Waals surface area contributed by atoms with Crippen molar-refractivity contribution >= 4 is 23.6 Å². The zero-order valence-corrected chi connectivity index (χ0v) is 14.1. The molecular weight excluding hydrogens is 316 g/mol. The van der Waals surface area contributed by atoms with Gasteiger partial charge in [-0.15, -0.1) is 0 Å². The molecule has 1 aliphatic rings. The summed E-state index contributed by atoms with van der Waals surface area (Å²) in [6, 6.07) is 6.16. The number of unbranched alkanes of at least 4 members (excludes halogenated alkanes) is 2. The second kappa shape index (κ2) is 8.02. The molecule has 5 nitrogen and oxygen atoms in total. The van der Waals surface area contributed by atoms with Gasteiger partial charge in [-0.25, -0.2) is 9.59 Å². The molecule has 0 spiro atoms. The molecule has 2 N–H and O–H groups in total. The number of ether oxygens (including phenoxy) is 1. The Kier molecular flexibility index (Phi) is 6.04. The van der Waals surface area contributed by atoms with Crippen molar-refractivity contribution < 1.29 is 14.3 Å². The standard InChI is InChI=1S/C17H21ClN2O3/c1-3-4-5-9-23-16(21)14-11(2)19-17(22)20-15(14)12-7-6-8-13(18)10-12/h6-8,10,15H,3-5,9H2,1-2H3,(H2,19,20,22)/t15-/m1/s1. The lowest BCUT2D eigenvalue weighted by Crippen LogP contribution is -2.45. The second-order valence-electron chi connectivity index (χ2n) is 5.47. The summed E-state index contributed by atoms with van der Waals surface area (Å²) >= 11 is 6.02. The van der Waals surface area contributed by atoms with Crippen molar-refractivity contribution in [2.24, 2.45) is 0 Å². The summed E-state index contributed by atoms with van der Waals surface area (Å²) in [6.07, 6.45) is 2.90. The number of allylic oxidation sites excluding steroid dienone is 1. The maximum absolute atomic E-state index is 12.4. The van der Waals surface area contributed by atoms with Crippen LogP contribution in [0, 0.1) is 0 Å². The van der Waals surface area contributed by atoms with E-state index in [0.717, 1.165) is 24.8 Å². The van der Waals surface area contributed by atoms with E-state index in [1.165, 1.54) is 0 Å². The van der Waals surface area contributed by atoms with Gasteiger partial charge in [0.05, 0.1) is 18.2 Å². The summed E-state index contributed by atoms with van der Waals surface area (Å²) in [6.45, 7) is 4.16. The van der Waals surface area contributed by atoms with Gasteiger partial charge in [0.15, 0.2) is 0 Å². The van der Waals surface area contributed by atoms with Gasteiger partial charge in [-0.3, -0.25) is 0 Å². The van der Waals surface area contributed by atoms with Gasteiger partial charge >= 0.3 is 12.0 Å². The smallest absolute Gasteiger partial charge is 0.338 e. The summed E-state index contributed by atoms with van der Waals surface area (Å²) in [5.74, 6) is -0.420. The van der Waals surface area contributed by atoms with Crippen molar-refractivity contribution in [3.63, 3.8) is 0 Å². The Labute approximate surface area is 141 Å².